The van der Waals surface area contributed by atoms with Gasteiger partial charge in [0.05, 0.1) is 53.4 Å². The lowest BCUT2D eigenvalue weighted by Gasteiger charge is -2.19. The molecular formula is C28H34O8. The van der Waals surface area contributed by atoms with Crippen LogP contribution in [0.5, 0.6) is 23.0 Å². The summed E-state index contributed by atoms with van der Waals surface area (Å²) in [5, 5.41) is 2.18. The maximum absolute atomic E-state index is 5.99. The lowest BCUT2D eigenvalue weighted by molar-refractivity contribution is -0.0641. The van der Waals surface area contributed by atoms with Gasteiger partial charge in [0.25, 0.3) is 0 Å². The van der Waals surface area contributed by atoms with Gasteiger partial charge >= 0.3 is 0 Å². The molecule has 0 aliphatic carbocycles. The third-order valence-corrected chi connectivity index (χ3v) is 5.53. The van der Waals surface area contributed by atoms with E-state index in [2.05, 4.69) is 12.1 Å². The van der Waals surface area contributed by atoms with Crippen molar-refractivity contribution in [2.24, 2.45) is 0 Å². The zero-order valence-corrected chi connectivity index (χ0v) is 20.7. The first-order valence-electron chi connectivity index (χ1n) is 12.2. The van der Waals surface area contributed by atoms with E-state index < -0.39 is 0 Å². The molecule has 3 aromatic rings. The molecule has 1 aliphatic rings. The van der Waals surface area contributed by atoms with E-state index in [1.54, 1.807) is 7.11 Å². The maximum atomic E-state index is 5.99. The van der Waals surface area contributed by atoms with Gasteiger partial charge in [-0.3, -0.25) is 0 Å². The Bertz CT molecular complexity index is 1040. The van der Waals surface area contributed by atoms with Gasteiger partial charge in [-0.2, -0.15) is 0 Å². The topological polar surface area (TPSA) is 73.8 Å². The third kappa shape index (κ3) is 8.27. The molecule has 0 unspecified atom stereocenters. The Balaban J connectivity index is 1.29. The van der Waals surface area contributed by atoms with Gasteiger partial charge in [-0.15, -0.1) is 0 Å². The van der Waals surface area contributed by atoms with Gasteiger partial charge in [0.2, 0.25) is 0 Å². The molecule has 0 amide bonds. The lowest BCUT2D eigenvalue weighted by atomic mass is 10.1. The number of ether oxygens (including phenoxy) is 8. The maximum Gasteiger partial charge on any atom is 0.161 e. The van der Waals surface area contributed by atoms with Crippen molar-refractivity contribution in [2.75, 3.05) is 73.2 Å². The molecule has 0 bridgehead atoms. The molecule has 0 N–H and O–H groups in total. The van der Waals surface area contributed by atoms with Crippen LogP contribution in [0.15, 0.2) is 60.7 Å². The monoisotopic (exact) mass is 498 g/mol. The summed E-state index contributed by atoms with van der Waals surface area (Å²) >= 11 is 0. The lowest BCUT2D eigenvalue weighted by Crippen LogP contribution is -2.29. The van der Waals surface area contributed by atoms with Gasteiger partial charge in [-0.05, 0) is 47.2 Å². The summed E-state index contributed by atoms with van der Waals surface area (Å²) in [5.74, 6) is 2.90. The van der Waals surface area contributed by atoms with E-state index in [1.807, 2.05) is 48.5 Å². The zero-order valence-electron chi connectivity index (χ0n) is 20.7. The van der Waals surface area contributed by atoms with Gasteiger partial charge in [0, 0.05) is 0 Å². The highest BCUT2D eigenvalue weighted by molar-refractivity contribution is 5.86. The second-order valence-corrected chi connectivity index (χ2v) is 8.12. The van der Waals surface area contributed by atoms with E-state index >= 15 is 0 Å². The molecular weight excluding hydrogens is 464 g/mol. The van der Waals surface area contributed by atoms with Crippen LogP contribution in [0.3, 0.4) is 0 Å². The molecule has 1 aliphatic heterocycles. The highest BCUT2D eigenvalue weighted by atomic mass is 16.6. The van der Waals surface area contributed by atoms with Gasteiger partial charge in [-0.25, -0.2) is 0 Å². The van der Waals surface area contributed by atoms with E-state index in [0.29, 0.717) is 77.6 Å². The first-order valence-corrected chi connectivity index (χ1v) is 12.2. The molecule has 0 aromatic heterocycles. The molecule has 3 aromatic carbocycles. The van der Waals surface area contributed by atoms with Crippen LogP contribution >= 0.6 is 0 Å². The van der Waals surface area contributed by atoms with Crippen LogP contribution < -0.4 is 18.9 Å². The third-order valence-electron chi connectivity index (χ3n) is 5.53. The number of hydrogen-bond acceptors (Lipinski definition) is 8. The predicted octanol–water partition coefficient (Wildman–Crippen LogP) is 4.13. The van der Waals surface area contributed by atoms with E-state index in [4.69, 9.17) is 37.9 Å². The Morgan fingerprint density at radius 3 is 1.86 bits per heavy atom. The predicted molar refractivity (Wildman–Crippen MR) is 136 cm³/mol. The van der Waals surface area contributed by atoms with Gasteiger partial charge in [0.1, 0.15) is 37.4 Å². The van der Waals surface area contributed by atoms with Gasteiger partial charge < -0.3 is 37.9 Å². The Kier molecular flexibility index (Phi) is 10.5. The smallest absolute Gasteiger partial charge is 0.161 e. The van der Waals surface area contributed by atoms with Crippen LogP contribution in [-0.4, -0.2) is 79.3 Å². The van der Waals surface area contributed by atoms with Crippen LogP contribution in [0.4, 0.5) is 0 Å². The number of benzene rings is 3. The van der Waals surface area contributed by atoms with E-state index in [0.717, 1.165) is 22.3 Å². The summed E-state index contributed by atoms with van der Waals surface area (Å²) in [5.41, 5.74) is 0. The molecule has 8 heteroatoms. The number of hydrogen-bond donors (Lipinski definition) is 0. The summed E-state index contributed by atoms with van der Waals surface area (Å²) in [4.78, 5) is 0. The van der Waals surface area contributed by atoms with E-state index in [9.17, 15) is 0 Å². The SMILES string of the molecule is COc1ccc(OC[C@@H]2COCCOCCOc3cc4ccccc4cc3OCCOCCO2)cc1. The molecule has 0 saturated carbocycles. The Labute approximate surface area is 211 Å². The fraction of sp³-hybridized carbons (Fsp3) is 0.429. The average molecular weight is 499 g/mol. The summed E-state index contributed by atoms with van der Waals surface area (Å²) in [6, 6.07) is 19.5. The van der Waals surface area contributed by atoms with Gasteiger partial charge in [-0.1, -0.05) is 24.3 Å². The minimum atomic E-state index is -0.241. The van der Waals surface area contributed by atoms with Crippen LogP contribution in [-0.2, 0) is 18.9 Å². The molecule has 8 nitrogen and oxygen atoms in total. The van der Waals surface area contributed by atoms with Crippen LogP contribution in [0.25, 0.3) is 10.8 Å². The van der Waals surface area contributed by atoms with E-state index in [1.165, 1.54) is 0 Å². The van der Waals surface area contributed by atoms with Crippen molar-refractivity contribution in [2.45, 2.75) is 6.10 Å². The van der Waals surface area contributed by atoms with Crippen molar-refractivity contribution in [3.8, 4) is 23.0 Å². The van der Waals surface area contributed by atoms with Crippen LogP contribution in [0.2, 0.25) is 0 Å². The fourth-order valence-electron chi connectivity index (χ4n) is 3.66. The first-order chi connectivity index (χ1) is 17.8. The van der Waals surface area contributed by atoms with Crippen molar-refractivity contribution < 1.29 is 37.9 Å². The summed E-state index contributed by atoms with van der Waals surface area (Å²) in [6.07, 6.45) is -0.241. The summed E-state index contributed by atoms with van der Waals surface area (Å²) in [6.45, 7) is 4.19. The van der Waals surface area contributed by atoms with Crippen molar-refractivity contribution in [1.82, 2.24) is 0 Å². The normalized spacial score (nSPS) is 18.6. The molecule has 36 heavy (non-hydrogen) atoms. The largest absolute Gasteiger partial charge is 0.497 e. The van der Waals surface area contributed by atoms with Crippen LogP contribution in [0, 0.1) is 0 Å². The molecule has 0 fully saturated rings. The van der Waals surface area contributed by atoms with E-state index in [-0.39, 0.29) is 6.10 Å². The minimum Gasteiger partial charge on any atom is -0.497 e. The number of methoxy groups -OCH3 is 1. The van der Waals surface area contributed by atoms with Crippen LogP contribution in [0.1, 0.15) is 0 Å². The molecule has 1 atom stereocenters. The van der Waals surface area contributed by atoms with Crippen molar-refractivity contribution in [1.29, 1.82) is 0 Å². The summed E-state index contributed by atoms with van der Waals surface area (Å²) in [7, 11) is 1.63. The van der Waals surface area contributed by atoms with Crippen molar-refractivity contribution in [3.63, 3.8) is 0 Å². The average Bonchev–Trinajstić information content (AvgIpc) is 2.91. The molecule has 194 valence electrons. The molecule has 0 radical (unpaired) electrons. The van der Waals surface area contributed by atoms with Crippen molar-refractivity contribution >= 4 is 10.8 Å². The molecule has 0 spiro atoms. The molecule has 0 saturated heterocycles. The van der Waals surface area contributed by atoms with Gasteiger partial charge in [0.15, 0.2) is 11.5 Å². The highest BCUT2D eigenvalue weighted by Gasteiger charge is 2.12. The molecule has 4 rings (SSSR count). The Hall–Kier alpha value is -3.04. The minimum absolute atomic E-state index is 0.241. The molecule has 1 heterocycles. The fourth-order valence-corrected chi connectivity index (χ4v) is 3.66. The zero-order chi connectivity index (χ0) is 24.8. The Morgan fingerprint density at radius 2 is 1.22 bits per heavy atom. The Morgan fingerprint density at radius 1 is 0.667 bits per heavy atom. The summed E-state index contributed by atoms with van der Waals surface area (Å²) < 4.78 is 46.1. The first kappa shape index (κ1) is 26.0. The standard InChI is InChI=1S/C28H34O8/c1-29-24-6-8-25(9-7-24)36-21-26-20-32-11-10-30-13-16-34-27-18-22-4-2-3-5-23(22)19-28(27)35-17-14-31-12-15-33-26/h2-9,18-19,26H,10-17,20-21H2,1H3/t26-/m0/s1. The second-order valence-electron chi connectivity index (χ2n) is 8.12. The number of fused-ring (bicyclic) bond motifs is 2. The second kappa shape index (κ2) is 14.5. The number of rotatable bonds is 4. The quantitative estimate of drug-likeness (QED) is 0.532. The van der Waals surface area contributed by atoms with Crippen molar-refractivity contribution in [3.05, 3.63) is 60.7 Å². The highest BCUT2D eigenvalue weighted by Crippen LogP contribution is 2.32.